The number of benzene rings is 16. The summed E-state index contributed by atoms with van der Waals surface area (Å²) in [5.41, 5.74) is 7.55. The third-order valence-electron chi connectivity index (χ3n) is 16.0. The maximum atomic E-state index is 9.22. The summed E-state index contributed by atoms with van der Waals surface area (Å²) in [6.45, 7) is 0. The number of halogens is 1. The molecule has 0 aliphatic carbocycles. The van der Waals surface area contributed by atoms with Crippen LogP contribution in [0.3, 0.4) is 0 Å². The summed E-state index contributed by atoms with van der Waals surface area (Å²) in [5.74, 6) is 0. The van der Waals surface area contributed by atoms with Crippen molar-refractivity contribution in [2.75, 3.05) is 0 Å². The molecule has 0 saturated carbocycles. The van der Waals surface area contributed by atoms with Crippen LogP contribution in [0, 0.1) is 0 Å². The lowest BCUT2D eigenvalue weighted by atomic mass is 9.79. The van der Waals surface area contributed by atoms with Gasteiger partial charge in [-0.15, -0.1) is 0 Å². The zero-order valence-corrected chi connectivity index (χ0v) is 45.1. The van der Waals surface area contributed by atoms with Crippen LogP contribution in [0.4, 0.5) is 0 Å². The van der Waals surface area contributed by atoms with E-state index < -0.39 is 7.12 Å². The standard InChI is InChI=1S/C38H24.C22H13Br.C16H13BO2/c1-2-11-26-22-28(21-20-25(26)10-1)27-12-9-13-29(23-27)36-24-37-32-16-4-3-14-30(32)31-15-5-7-18-34(31)38(37)35-19-8-6-17-33(35)36;23-21-13-20-16-9-2-1-7-14(16)15-8-3-5-11-18(15)22(20)19-12-6-4-10-17(19)21;18-17(19)16-7-3-6-14(11-16)15-9-8-12-4-1-2-5-13(12)10-15/h1-24H;1-13H;1-11,18-19H. The molecule has 376 valence electrons. The molecule has 2 N–H and O–H groups in total. The lowest BCUT2D eigenvalue weighted by Crippen LogP contribution is -2.29. The van der Waals surface area contributed by atoms with E-state index in [2.05, 4.69) is 265 Å². The molecule has 0 aliphatic rings. The zero-order chi connectivity index (χ0) is 53.7. The molecule has 16 aromatic rings. The van der Waals surface area contributed by atoms with Crippen LogP contribution >= 0.6 is 15.9 Å². The van der Waals surface area contributed by atoms with E-state index >= 15 is 0 Å². The summed E-state index contributed by atoms with van der Waals surface area (Å²) in [5, 5.41) is 44.3. The van der Waals surface area contributed by atoms with Gasteiger partial charge >= 0.3 is 7.12 Å². The molecule has 0 aromatic heterocycles. The number of rotatable bonds is 4. The molecular formula is C76H50BBrO2. The van der Waals surface area contributed by atoms with E-state index in [1.165, 1.54) is 130 Å². The van der Waals surface area contributed by atoms with Crippen molar-refractivity contribution < 1.29 is 10.0 Å². The van der Waals surface area contributed by atoms with Crippen LogP contribution in [0.2, 0.25) is 0 Å². The van der Waals surface area contributed by atoms with Crippen molar-refractivity contribution in [1.29, 1.82) is 0 Å². The van der Waals surface area contributed by atoms with Crippen LogP contribution in [-0.2, 0) is 0 Å². The molecule has 0 radical (unpaired) electrons. The maximum Gasteiger partial charge on any atom is 0.488 e. The van der Waals surface area contributed by atoms with E-state index in [9.17, 15) is 10.0 Å². The molecule has 0 heterocycles. The molecule has 0 atom stereocenters. The van der Waals surface area contributed by atoms with Gasteiger partial charge in [0.05, 0.1) is 0 Å². The Kier molecular flexibility index (Phi) is 12.7. The molecule has 0 amide bonds. The van der Waals surface area contributed by atoms with Gasteiger partial charge < -0.3 is 10.0 Å². The summed E-state index contributed by atoms with van der Waals surface area (Å²) >= 11 is 3.77. The fourth-order valence-electron chi connectivity index (χ4n) is 12.2. The summed E-state index contributed by atoms with van der Waals surface area (Å²) < 4.78 is 1.15. The quantitative estimate of drug-likeness (QED) is 0.136. The fourth-order valence-corrected chi connectivity index (χ4v) is 12.8. The molecule has 0 saturated heterocycles. The van der Waals surface area contributed by atoms with E-state index in [0.717, 1.165) is 15.6 Å². The number of hydrogen-bond donors (Lipinski definition) is 2. The molecule has 0 aliphatic heterocycles. The van der Waals surface area contributed by atoms with Crippen LogP contribution in [0.1, 0.15) is 0 Å². The van der Waals surface area contributed by atoms with Gasteiger partial charge in [-0.25, -0.2) is 0 Å². The van der Waals surface area contributed by atoms with E-state index in [1.54, 1.807) is 12.1 Å². The van der Waals surface area contributed by atoms with Crippen molar-refractivity contribution in [2.45, 2.75) is 0 Å². The van der Waals surface area contributed by atoms with Gasteiger partial charge in [-0.2, -0.15) is 0 Å². The SMILES string of the molecule is Brc1cc2c3ccccc3c3ccccc3c2c2ccccc12.OB(O)c1cccc(-c2ccc3ccccc3c2)c1.c1cc(-c2ccc3ccccc3c2)cc(-c2cc3c4ccccc4c4ccccc4c3c3ccccc23)c1. The number of hydrogen-bond acceptors (Lipinski definition) is 2. The zero-order valence-electron chi connectivity index (χ0n) is 43.6. The first-order chi connectivity index (χ1) is 39.4. The predicted octanol–water partition coefficient (Wildman–Crippen LogP) is 20.0. The Balaban J connectivity index is 0.000000117. The average molecular weight is 1090 g/mol. The molecular weight excluding hydrogens is 1040 g/mol. The lowest BCUT2D eigenvalue weighted by Gasteiger charge is -2.16. The van der Waals surface area contributed by atoms with Gasteiger partial charge in [-0.3, -0.25) is 0 Å². The Hall–Kier alpha value is -9.42. The second-order valence-electron chi connectivity index (χ2n) is 20.6. The monoisotopic (exact) mass is 1080 g/mol. The minimum absolute atomic E-state index is 0.505. The van der Waals surface area contributed by atoms with Crippen molar-refractivity contribution in [3.8, 4) is 33.4 Å². The molecule has 0 unspecified atom stereocenters. The summed E-state index contributed by atoms with van der Waals surface area (Å²) in [7, 11) is -1.43. The Bertz CT molecular complexity index is 5080. The van der Waals surface area contributed by atoms with Gasteiger partial charge in [0.2, 0.25) is 0 Å². The van der Waals surface area contributed by atoms with E-state index in [4.69, 9.17) is 0 Å². The third kappa shape index (κ3) is 8.81. The largest absolute Gasteiger partial charge is 0.488 e. The van der Waals surface area contributed by atoms with Crippen LogP contribution in [0.5, 0.6) is 0 Å². The van der Waals surface area contributed by atoms with E-state index in [0.29, 0.717) is 5.46 Å². The highest BCUT2D eigenvalue weighted by Crippen LogP contribution is 2.44. The highest BCUT2D eigenvalue weighted by Gasteiger charge is 2.17. The minimum atomic E-state index is -1.43. The molecule has 0 spiro atoms. The highest BCUT2D eigenvalue weighted by atomic mass is 79.9. The van der Waals surface area contributed by atoms with Gasteiger partial charge in [0.25, 0.3) is 0 Å². The van der Waals surface area contributed by atoms with Crippen molar-refractivity contribution in [1.82, 2.24) is 0 Å². The second kappa shape index (κ2) is 20.8. The van der Waals surface area contributed by atoms with Crippen LogP contribution < -0.4 is 5.46 Å². The van der Waals surface area contributed by atoms with Gasteiger partial charge in [0, 0.05) is 4.47 Å². The van der Waals surface area contributed by atoms with Gasteiger partial charge in [-0.05, 0) is 177 Å². The molecule has 16 rings (SSSR count). The van der Waals surface area contributed by atoms with Crippen molar-refractivity contribution >= 4 is 136 Å². The maximum absolute atomic E-state index is 9.22. The Morgan fingerprint density at radius 1 is 0.225 bits per heavy atom. The smallest absolute Gasteiger partial charge is 0.423 e. The van der Waals surface area contributed by atoms with Gasteiger partial charge in [0.15, 0.2) is 0 Å². The average Bonchev–Trinajstić information content (AvgIpc) is 3.63. The Morgan fingerprint density at radius 2 is 0.562 bits per heavy atom. The molecule has 2 nitrogen and oxygen atoms in total. The van der Waals surface area contributed by atoms with Crippen LogP contribution in [-0.4, -0.2) is 17.2 Å². The van der Waals surface area contributed by atoms with Crippen LogP contribution in [0.15, 0.2) is 296 Å². The van der Waals surface area contributed by atoms with E-state index in [-0.39, 0.29) is 0 Å². The van der Waals surface area contributed by atoms with Crippen LogP contribution in [0.25, 0.3) is 141 Å². The lowest BCUT2D eigenvalue weighted by molar-refractivity contribution is 0.426. The van der Waals surface area contributed by atoms with Crippen molar-refractivity contribution in [3.05, 3.63) is 296 Å². The highest BCUT2D eigenvalue weighted by molar-refractivity contribution is 9.10. The second-order valence-corrected chi connectivity index (χ2v) is 21.5. The topological polar surface area (TPSA) is 40.5 Å². The normalized spacial score (nSPS) is 11.4. The van der Waals surface area contributed by atoms with Gasteiger partial charge in [-0.1, -0.05) is 277 Å². The first-order valence-corrected chi connectivity index (χ1v) is 27.9. The fraction of sp³-hybridized carbons (Fsp3) is 0. The molecule has 0 bridgehead atoms. The molecule has 16 aromatic carbocycles. The molecule has 80 heavy (non-hydrogen) atoms. The minimum Gasteiger partial charge on any atom is -0.423 e. The van der Waals surface area contributed by atoms with Crippen molar-refractivity contribution in [2.24, 2.45) is 0 Å². The van der Waals surface area contributed by atoms with E-state index in [1.807, 2.05) is 30.3 Å². The Morgan fingerprint density at radius 3 is 1.06 bits per heavy atom. The third-order valence-corrected chi connectivity index (χ3v) is 16.6. The molecule has 4 heteroatoms. The summed E-state index contributed by atoms with van der Waals surface area (Å²) in [6, 6.07) is 103. The summed E-state index contributed by atoms with van der Waals surface area (Å²) in [4.78, 5) is 0. The predicted molar refractivity (Wildman–Crippen MR) is 348 cm³/mol. The Labute approximate surface area is 472 Å². The van der Waals surface area contributed by atoms with Gasteiger partial charge in [0.1, 0.15) is 0 Å². The molecule has 0 fully saturated rings. The summed E-state index contributed by atoms with van der Waals surface area (Å²) in [6.07, 6.45) is 0. The first kappa shape index (κ1) is 48.9. The first-order valence-electron chi connectivity index (χ1n) is 27.1. The number of fused-ring (bicyclic) bond motifs is 18. The van der Waals surface area contributed by atoms with Crippen molar-refractivity contribution in [3.63, 3.8) is 0 Å².